The van der Waals surface area contributed by atoms with Crippen molar-refractivity contribution >= 4 is 15.9 Å². The van der Waals surface area contributed by atoms with Crippen LogP contribution in [0.25, 0.3) is 5.82 Å². The average Bonchev–Trinajstić information content (AvgIpc) is 2.91. The van der Waals surface area contributed by atoms with Crippen LogP contribution in [0.4, 0.5) is 30.7 Å². The van der Waals surface area contributed by atoms with Gasteiger partial charge in [-0.2, -0.15) is 40.9 Å². The highest BCUT2D eigenvalue weighted by Crippen LogP contribution is 2.48. The van der Waals surface area contributed by atoms with E-state index in [4.69, 9.17) is 0 Å². The third-order valence-corrected chi connectivity index (χ3v) is 3.01. The first-order valence-electron chi connectivity index (χ1n) is 5.62. The molecular formula is C10H6BrF7N4O. The van der Waals surface area contributed by atoms with Crippen molar-refractivity contribution in [3.05, 3.63) is 22.6 Å². The number of aromatic nitrogens is 4. The molecule has 0 unspecified atom stereocenters. The molecule has 2 aromatic rings. The third-order valence-electron chi connectivity index (χ3n) is 2.60. The molecule has 0 aliphatic rings. The van der Waals surface area contributed by atoms with E-state index >= 15 is 0 Å². The zero-order chi connectivity index (χ0) is 17.6. The molecule has 0 saturated heterocycles. The molecule has 0 bridgehead atoms. The van der Waals surface area contributed by atoms with Gasteiger partial charge in [0.15, 0.2) is 17.3 Å². The summed E-state index contributed by atoms with van der Waals surface area (Å²) in [5, 5.41) is 6.63. The van der Waals surface area contributed by atoms with E-state index in [1.165, 1.54) is 6.20 Å². The molecule has 0 fully saturated rings. The van der Waals surface area contributed by atoms with Crippen LogP contribution in [0, 0.1) is 0 Å². The lowest BCUT2D eigenvalue weighted by molar-refractivity contribution is -0.291. The van der Waals surface area contributed by atoms with Crippen molar-refractivity contribution in [1.29, 1.82) is 0 Å². The van der Waals surface area contributed by atoms with E-state index in [9.17, 15) is 30.7 Å². The molecule has 2 rings (SSSR count). The lowest BCUT2D eigenvalue weighted by Gasteiger charge is -2.18. The number of hydrogen-bond donors (Lipinski definition) is 0. The molecule has 13 heteroatoms. The fourth-order valence-corrected chi connectivity index (χ4v) is 1.99. The summed E-state index contributed by atoms with van der Waals surface area (Å²) in [6.45, 7) is -3.64. The lowest BCUT2D eigenvalue weighted by Crippen LogP contribution is -2.34. The highest BCUT2D eigenvalue weighted by atomic mass is 79.9. The molecule has 0 aliphatic carbocycles. The Morgan fingerprint density at radius 2 is 1.83 bits per heavy atom. The summed E-state index contributed by atoms with van der Waals surface area (Å²) >= 11 is 2.98. The Morgan fingerprint density at radius 1 is 1.22 bits per heavy atom. The zero-order valence-electron chi connectivity index (χ0n) is 11.0. The largest absolute Gasteiger partial charge is 0.459 e. The van der Waals surface area contributed by atoms with Gasteiger partial charge in [-0.15, -0.1) is 0 Å². The topological polar surface area (TPSA) is 44.9 Å². The van der Waals surface area contributed by atoms with E-state index < -0.39 is 36.0 Å². The van der Waals surface area contributed by atoms with Crippen LogP contribution >= 0.6 is 15.9 Å². The molecule has 128 valence electrons. The monoisotopic (exact) mass is 410 g/mol. The summed E-state index contributed by atoms with van der Waals surface area (Å²) in [6, 6.07) is 0. The fraction of sp³-hybridized carbons (Fsp3) is 0.400. The maximum Gasteiger partial charge on any atom is 0.459 e. The first-order valence-corrected chi connectivity index (χ1v) is 6.41. The van der Waals surface area contributed by atoms with Gasteiger partial charge in [0.25, 0.3) is 0 Å². The Balaban J connectivity index is 2.70. The molecule has 0 spiro atoms. The predicted octanol–water partition coefficient (Wildman–Crippen LogP) is 3.62. The van der Waals surface area contributed by atoms with Gasteiger partial charge >= 0.3 is 18.7 Å². The van der Waals surface area contributed by atoms with Crippen molar-refractivity contribution in [3.63, 3.8) is 0 Å². The number of aryl methyl sites for hydroxylation is 1. The van der Waals surface area contributed by atoms with Crippen LogP contribution in [0.3, 0.4) is 0 Å². The molecule has 2 aromatic heterocycles. The molecule has 0 saturated carbocycles. The molecule has 0 radical (unpaired) electrons. The maximum atomic E-state index is 13.5. The number of halogens is 8. The van der Waals surface area contributed by atoms with Gasteiger partial charge in [-0.1, -0.05) is 0 Å². The van der Waals surface area contributed by atoms with Gasteiger partial charge < -0.3 is 4.74 Å². The minimum Gasteiger partial charge on any atom is -0.428 e. The van der Waals surface area contributed by atoms with Gasteiger partial charge in [0.1, 0.15) is 0 Å². The number of nitrogens with zero attached hydrogens (tertiary/aromatic N) is 4. The van der Waals surface area contributed by atoms with Crippen LogP contribution in [0.5, 0.6) is 5.75 Å². The predicted molar refractivity (Wildman–Crippen MR) is 64.6 cm³/mol. The Bertz CT molecular complexity index is 709. The third kappa shape index (κ3) is 3.14. The molecule has 5 nitrogen and oxygen atoms in total. The van der Waals surface area contributed by atoms with Gasteiger partial charge in [0.05, 0.1) is 10.7 Å². The number of rotatable bonds is 4. The molecule has 0 N–H and O–H groups in total. The van der Waals surface area contributed by atoms with E-state index in [0.29, 0.717) is 9.15 Å². The molecular weight excluding hydrogens is 405 g/mol. The van der Waals surface area contributed by atoms with Crippen molar-refractivity contribution in [3.8, 4) is 11.6 Å². The Labute approximate surface area is 131 Å². The van der Waals surface area contributed by atoms with Crippen molar-refractivity contribution < 1.29 is 35.5 Å². The quantitative estimate of drug-likeness (QED) is 0.723. The zero-order valence-corrected chi connectivity index (χ0v) is 12.5. The van der Waals surface area contributed by atoms with Crippen molar-refractivity contribution in [1.82, 2.24) is 19.6 Å². The van der Waals surface area contributed by atoms with E-state index in [-0.39, 0.29) is 0 Å². The smallest absolute Gasteiger partial charge is 0.428 e. The first-order chi connectivity index (χ1) is 10.4. The SMILES string of the molecule is Cn1nc(C(F)(F)C(F)(F)F)c(OC(F)F)c1-n1cc(Br)cn1. The lowest BCUT2D eigenvalue weighted by atomic mass is 10.2. The average molecular weight is 411 g/mol. The maximum absolute atomic E-state index is 13.5. The molecule has 23 heavy (non-hydrogen) atoms. The minimum atomic E-state index is -6.04. The Morgan fingerprint density at radius 3 is 2.26 bits per heavy atom. The summed E-state index contributed by atoms with van der Waals surface area (Å²) in [7, 11) is 0.985. The van der Waals surface area contributed by atoms with Gasteiger partial charge in [0, 0.05) is 13.2 Å². The van der Waals surface area contributed by atoms with E-state index in [1.54, 1.807) is 0 Å². The molecule has 0 amide bonds. The van der Waals surface area contributed by atoms with Crippen LogP contribution < -0.4 is 4.74 Å². The van der Waals surface area contributed by atoms with Crippen LogP contribution in [-0.4, -0.2) is 32.3 Å². The van der Waals surface area contributed by atoms with Crippen LogP contribution in [0.15, 0.2) is 16.9 Å². The summed E-state index contributed by atoms with van der Waals surface area (Å²) in [5.41, 5.74) is -1.98. The van der Waals surface area contributed by atoms with Crippen LogP contribution in [-0.2, 0) is 13.0 Å². The molecule has 2 heterocycles. The normalized spacial score (nSPS) is 13.0. The van der Waals surface area contributed by atoms with Crippen LogP contribution in [0.1, 0.15) is 5.69 Å². The fourth-order valence-electron chi connectivity index (χ4n) is 1.70. The highest BCUT2D eigenvalue weighted by molar-refractivity contribution is 9.10. The highest BCUT2D eigenvalue weighted by Gasteiger charge is 2.62. The summed E-state index contributed by atoms with van der Waals surface area (Å²) in [5.74, 6) is -7.52. The Kier molecular flexibility index (Phi) is 4.34. The number of hydrogen-bond acceptors (Lipinski definition) is 3. The standard InChI is InChI=1S/C10H6BrF7N4O/c1-21-7(22-3-4(11)2-19-22)5(23-8(12)13)6(20-21)9(14,15)10(16,17)18/h2-3,8H,1H3. The van der Waals surface area contributed by atoms with Crippen molar-refractivity contribution in [2.45, 2.75) is 18.7 Å². The molecule has 0 atom stereocenters. The van der Waals surface area contributed by atoms with Crippen molar-refractivity contribution in [2.24, 2.45) is 7.05 Å². The van der Waals surface area contributed by atoms with Crippen molar-refractivity contribution in [2.75, 3.05) is 0 Å². The second-order valence-corrected chi connectivity index (χ2v) is 5.09. The number of alkyl halides is 7. The Hall–Kier alpha value is -1.79. The van der Waals surface area contributed by atoms with E-state index in [0.717, 1.165) is 17.9 Å². The summed E-state index contributed by atoms with van der Waals surface area (Å²) in [6.07, 6.45) is -3.73. The summed E-state index contributed by atoms with van der Waals surface area (Å²) < 4.78 is 95.0. The summed E-state index contributed by atoms with van der Waals surface area (Å²) in [4.78, 5) is 0. The first kappa shape index (κ1) is 17.6. The van der Waals surface area contributed by atoms with E-state index in [2.05, 4.69) is 30.9 Å². The molecule has 0 aromatic carbocycles. The van der Waals surface area contributed by atoms with Crippen LogP contribution in [0.2, 0.25) is 0 Å². The van der Waals surface area contributed by atoms with Gasteiger partial charge in [-0.25, -0.2) is 9.36 Å². The molecule has 0 aliphatic heterocycles. The van der Waals surface area contributed by atoms with Gasteiger partial charge in [-0.3, -0.25) is 0 Å². The number of ether oxygens (including phenoxy) is 1. The minimum absolute atomic E-state index is 0.325. The van der Waals surface area contributed by atoms with E-state index in [1.807, 2.05) is 0 Å². The second-order valence-electron chi connectivity index (χ2n) is 4.18. The van der Waals surface area contributed by atoms with Gasteiger partial charge in [0.2, 0.25) is 0 Å². The second kappa shape index (κ2) is 5.69. The van der Waals surface area contributed by atoms with Gasteiger partial charge in [-0.05, 0) is 15.9 Å².